The minimum absolute atomic E-state index is 0.369. The average molecular weight is 252 g/mol. The molecule has 2 rings (SSSR count). The van der Waals surface area contributed by atoms with E-state index in [9.17, 15) is 5.26 Å². The Kier molecular flexibility index (Phi) is 4.04. The molecule has 0 saturated carbocycles. The Balaban J connectivity index is 2.21. The number of ether oxygens (including phenoxy) is 1. The highest BCUT2D eigenvalue weighted by molar-refractivity contribution is 5.53. The van der Waals surface area contributed by atoms with Gasteiger partial charge in [0.2, 0.25) is 0 Å². The summed E-state index contributed by atoms with van der Waals surface area (Å²) < 4.78 is 5.12. The fourth-order valence-electron chi connectivity index (χ4n) is 1.88. The summed E-state index contributed by atoms with van der Waals surface area (Å²) in [4.78, 5) is 0. The molecule has 0 aromatic heterocycles. The minimum atomic E-state index is -0.369. The van der Waals surface area contributed by atoms with Gasteiger partial charge < -0.3 is 10.1 Å². The number of nitrogens with zero attached hydrogens (tertiary/aromatic N) is 1. The van der Waals surface area contributed by atoms with Gasteiger partial charge in [0.1, 0.15) is 11.8 Å². The predicted molar refractivity (Wildman–Crippen MR) is 76.1 cm³/mol. The maximum Gasteiger partial charge on any atom is 0.140 e. The van der Waals surface area contributed by atoms with Crippen molar-refractivity contribution < 1.29 is 4.74 Å². The van der Waals surface area contributed by atoms with Crippen molar-refractivity contribution in [2.75, 3.05) is 12.4 Å². The lowest BCUT2D eigenvalue weighted by Crippen LogP contribution is -2.09. The normalized spacial score (nSPS) is 11.4. The number of methoxy groups -OCH3 is 1. The third-order valence-electron chi connectivity index (χ3n) is 3.02. The second-order valence-corrected chi connectivity index (χ2v) is 4.29. The van der Waals surface area contributed by atoms with E-state index in [0.717, 1.165) is 22.6 Å². The van der Waals surface area contributed by atoms with Crippen molar-refractivity contribution in [3.05, 3.63) is 59.7 Å². The molecule has 0 radical (unpaired) electrons. The Hall–Kier alpha value is -2.47. The summed E-state index contributed by atoms with van der Waals surface area (Å²) in [6.07, 6.45) is 0. The van der Waals surface area contributed by atoms with Crippen LogP contribution in [0.25, 0.3) is 0 Å². The number of hydrogen-bond acceptors (Lipinski definition) is 3. The monoisotopic (exact) mass is 252 g/mol. The highest BCUT2D eigenvalue weighted by Gasteiger charge is 2.11. The van der Waals surface area contributed by atoms with Crippen LogP contribution < -0.4 is 10.1 Å². The lowest BCUT2D eigenvalue weighted by molar-refractivity contribution is 0.414. The molecule has 19 heavy (non-hydrogen) atoms. The van der Waals surface area contributed by atoms with E-state index in [4.69, 9.17) is 4.74 Å². The summed E-state index contributed by atoms with van der Waals surface area (Å²) in [6.45, 7) is 2.02. The lowest BCUT2D eigenvalue weighted by atomic mass is 10.1. The lowest BCUT2D eigenvalue weighted by Gasteiger charge is -2.15. The van der Waals surface area contributed by atoms with Crippen molar-refractivity contribution in [1.82, 2.24) is 0 Å². The summed E-state index contributed by atoms with van der Waals surface area (Å²) in [5.74, 6) is 0.788. The number of nitrogens with one attached hydrogen (secondary N) is 1. The molecule has 0 spiro atoms. The number of para-hydroxylation sites is 1. The van der Waals surface area contributed by atoms with E-state index in [0.29, 0.717) is 0 Å². The van der Waals surface area contributed by atoms with Gasteiger partial charge in [-0.3, -0.25) is 0 Å². The number of nitriles is 1. The molecule has 0 aliphatic rings. The van der Waals surface area contributed by atoms with Gasteiger partial charge in [0.25, 0.3) is 0 Å². The molecule has 0 fully saturated rings. The first-order valence-corrected chi connectivity index (χ1v) is 6.10. The molecule has 0 heterocycles. The van der Waals surface area contributed by atoms with Crippen LogP contribution in [0, 0.1) is 18.3 Å². The van der Waals surface area contributed by atoms with E-state index >= 15 is 0 Å². The molecule has 0 amide bonds. The third kappa shape index (κ3) is 3.05. The Morgan fingerprint density at radius 3 is 2.37 bits per heavy atom. The first-order valence-electron chi connectivity index (χ1n) is 6.10. The molecule has 0 aliphatic carbocycles. The van der Waals surface area contributed by atoms with Crippen molar-refractivity contribution in [2.24, 2.45) is 0 Å². The number of hydrogen-bond donors (Lipinski definition) is 1. The van der Waals surface area contributed by atoms with Gasteiger partial charge in [-0.2, -0.15) is 5.26 Å². The minimum Gasteiger partial charge on any atom is -0.497 e. The van der Waals surface area contributed by atoms with Crippen LogP contribution in [0.5, 0.6) is 5.75 Å². The first kappa shape index (κ1) is 13.0. The zero-order chi connectivity index (χ0) is 13.7. The molecule has 3 nitrogen and oxygen atoms in total. The van der Waals surface area contributed by atoms with Gasteiger partial charge in [-0.1, -0.05) is 30.3 Å². The van der Waals surface area contributed by atoms with Crippen LogP contribution in [0.3, 0.4) is 0 Å². The van der Waals surface area contributed by atoms with Crippen LogP contribution in [0.15, 0.2) is 48.5 Å². The van der Waals surface area contributed by atoms with Gasteiger partial charge in [-0.15, -0.1) is 0 Å². The molecule has 0 bridgehead atoms. The summed E-state index contributed by atoms with van der Waals surface area (Å²) >= 11 is 0. The van der Waals surface area contributed by atoms with Gasteiger partial charge in [0, 0.05) is 5.69 Å². The van der Waals surface area contributed by atoms with Crippen molar-refractivity contribution in [1.29, 1.82) is 5.26 Å². The number of rotatable bonds is 4. The van der Waals surface area contributed by atoms with Gasteiger partial charge >= 0.3 is 0 Å². The smallest absolute Gasteiger partial charge is 0.140 e. The van der Waals surface area contributed by atoms with Gasteiger partial charge in [0.05, 0.1) is 13.2 Å². The SMILES string of the molecule is COc1ccc([C@@H](C#N)Nc2ccccc2C)cc1. The van der Waals surface area contributed by atoms with Crippen LogP contribution in [0.2, 0.25) is 0 Å². The molecule has 0 aliphatic heterocycles. The molecule has 3 heteroatoms. The van der Waals surface area contributed by atoms with Crippen LogP contribution in [-0.2, 0) is 0 Å². The highest BCUT2D eigenvalue weighted by Crippen LogP contribution is 2.23. The maximum absolute atomic E-state index is 9.31. The number of anilines is 1. The van der Waals surface area contributed by atoms with Crippen molar-refractivity contribution in [2.45, 2.75) is 13.0 Å². The van der Waals surface area contributed by atoms with E-state index in [1.807, 2.05) is 55.5 Å². The van der Waals surface area contributed by atoms with Crippen LogP contribution >= 0.6 is 0 Å². The molecule has 96 valence electrons. The van der Waals surface area contributed by atoms with E-state index in [1.165, 1.54) is 0 Å². The van der Waals surface area contributed by atoms with E-state index in [1.54, 1.807) is 7.11 Å². The zero-order valence-corrected chi connectivity index (χ0v) is 11.1. The van der Waals surface area contributed by atoms with Gasteiger partial charge in [-0.05, 0) is 36.2 Å². The fourth-order valence-corrected chi connectivity index (χ4v) is 1.88. The first-order chi connectivity index (χ1) is 9.24. The summed E-state index contributed by atoms with van der Waals surface area (Å²) in [7, 11) is 1.63. The Labute approximate surface area is 113 Å². The van der Waals surface area contributed by atoms with Gasteiger partial charge in [-0.25, -0.2) is 0 Å². The Bertz CT molecular complexity index is 584. The molecule has 0 unspecified atom stereocenters. The molecular weight excluding hydrogens is 236 g/mol. The Morgan fingerprint density at radius 1 is 1.11 bits per heavy atom. The molecule has 1 N–H and O–H groups in total. The van der Waals surface area contributed by atoms with Crippen LogP contribution in [0.1, 0.15) is 17.2 Å². The maximum atomic E-state index is 9.31. The second-order valence-electron chi connectivity index (χ2n) is 4.29. The van der Waals surface area contributed by atoms with Crippen molar-refractivity contribution in [3.8, 4) is 11.8 Å². The molecule has 2 aromatic rings. The third-order valence-corrected chi connectivity index (χ3v) is 3.02. The second kappa shape index (κ2) is 5.92. The number of aryl methyl sites for hydroxylation is 1. The number of benzene rings is 2. The molecule has 2 aromatic carbocycles. The molecular formula is C16H16N2O. The van der Waals surface area contributed by atoms with Crippen LogP contribution in [0.4, 0.5) is 5.69 Å². The zero-order valence-electron chi connectivity index (χ0n) is 11.1. The van der Waals surface area contributed by atoms with Crippen molar-refractivity contribution >= 4 is 5.69 Å². The topological polar surface area (TPSA) is 45.0 Å². The highest BCUT2D eigenvalue weighted by atomic mass is 16.5. The van der Waals surface area contributed by atoms with Gasteiger partial charge in [0.15, 0.2) is 0 Å². The van der Waals surface area contributed by atoms with Crippen molar-refractivity contribution in [3.63, 3.8) is 0 Å². The summed E-state index contributed by atoms with van der Waals surface area (Å²) in [6, 6.07) is 17.4. The summed E-state index contributed by atoms with van der Waals surface area (Å²) in [5, 5.41) is 12.6. The van der Waals surface area contributed by atoms with E-state index in [2.05, 4.69) is 11.4 Å². The average Bonchev–Trinajstić information content (AvgIpc) is 2.47. The van der Waals surface area contributed by atoms with E-state index in [-0.39, 0.29) is 6.04 Å². The quantitative estimate of drug-likeness (QED) is 0.902. The van der Waals surface area contributed by atoms with E-state index < -0.39 is 0 Å². The largest absolute Gasteiger partial charge is 0.497 e. The molecule has 0 saturated heterocycles. The summed E-state index contributed by atoms with van der Waals surface area (Å²) in [5.41, 5.74) is 3.02. The van der Waals surface area contributed by atoms with Crippen LogP contribution in [-0.4, -0.2) is 7.11 Å². The Morgan fingerprint density at radius 2 is 1.79 bits per heavy atom. The fraction of sp³-hybridized carbons (Fsp3) is 0.188. The molecule has 1 atom stereocenters. The standard InChI is InChI=1S/C16H16N2O/c1-12-5-3-4-6-15(12)18-16(11-17)13-7-9-14(19-2)10-8-13/h3-10,16,18H,1-2H3/t16-/m1/s1. The predicted octanol–water partition coefficient (Wildman–Crippen LogP) is 3.68.